The summed E-state index contributed by atoms with van der Waals surface area (Å²) in [4.78, 5) is 19.0. The number of benzene rings is 1. The molecule has 0 spiro atoms. The Morgan fingerprint density at radius 3 is 2.55 bits per heavy atom. The number of hydrogen-bond donors (Lipinski definition) is 0. The van der Waals surface area contributed by atoms with Crippen molar-refractivity contribution in [3.05, 3.63) is 57.9 Å². The molecule has 0 radical (unpaired) electrons. The van der Waals surface area contributed by atoms with E-state index < -0.39 is 4.92 Å². The molecule has 0 aliphatic heterocycles. The molecule has 1 aromatic carbocycles. The monoisotopic (exact) mass is 309 g/mol. The van der Waals surface area contributed by atoms with E-state index in [9.17, 15) is 10.1 Å². The Hall–Kier alpha value is -3.23. The first kappa shape index (κ1) is 15.2. The molecule has 0 N–H and O–H groups in total. The quantitative estimate of drug-likeness (QED) is 0.369. The average molecular weight is 309 g/mol. The predicted octanol–water partition coefficient (Wildman–Crippen LogP) is 2.97. The molecule has 2 rings (SSSR count). The summed E-state index contributed by atoms with van der Waals surface area (Å²) in [6.45, 7) is 0. The Morgan fingerprint density at radius 2 is 1.95 bits per heavy atom. The maximum absolute atomic E-state index is 11.2. The number of allylic oxidation sites excluding steroid dienone is 1. The summed E-state index contributed by atoms with van der Waals surface area (Å²) >= 11 is 1.07. The van der Waals surface area contributed by atoms with Crippen molar-refractivity contribution in [3.63, 3.8) is 0 Å². The van der Waals surface area contributed by atoms with Crippen LogP contribution in [0.5, 0.6) is 0 Å². The standard InChI is InChI=1S/C14H7N5O2S/c15-8-11(9-16)6-10-2-3-13(12(7-10)19(20)21)22-14-17-4-1-5-18-14/h1-7H. The molecule has 2 aromatic rings. The van der Waals surface area contributed by atoms with Crippen LogP contribution in [-0.2, 0) is 0 Å². The molecular formula is C14H7N5O2S. The molecule has 0 aliphatic rings. The first-order valence-corrected chi connectivity index (χ1v) is 6.71. The molecule has 22 heavy (non-hydrogen) atoms. The van der Waals surface area contributed by atoms with Crippen LogP contribution in [0.1, 0.15) is 5.56 Å². The molecule has 7 nitrogen and oxygen atoms in total. The number of nitro groups is 1. The molecule has 0 unspecified atom stereocenters. The molecule has 0 atom stereocenters. The van der Waals surface area contributed by atoms with Crippen molar-refractivity contribution in [1.82, 2.24) is 9.97 Å². The molecule has 106 valence electrons. The summed E-state index contributed by atoms with van der Waals surface area (Å²) in [5.41, 5.74) is 0.144. The van der Waals surface area contributed by atoms with E-state index in [0.717, 1.165) is 11.8 Å². The van der Waals surface area contributed by atoms with Crippen LogP contribution in [0.25, 0.3) is 6.08 Å². The molecule has 8 heteroatoms. The fourth-order valence-corrected chi connectivity index (χ4v) is 2.34. The topological polar surface area (TPSA) is 116 Å². The van der Waals surface area contributed by atoms with Gasteiger partial charge < -0.3 is 0 Å². The van der Waals surface area contributed by atoms with E-state index in [4.69, 9.17) is 10.5 Å². The smallest absolute Gasteiger partial charge is 0.258 e. The van der Waals surface area contributed by atoms with Gasteiger partial charge in [0.15, 0.2) is 5.16 Å². The second-order valence-electron chi connectivity index (χ2n) is 3.90. The van der Waals surface area contributed by atoms with Gasteiger partial charge in [-0.1, -0.05) is 6.07 Å². The fourth-order valence-electron chi connectivity index (χ4n) is 1.55. The third kappa shape index (κ3) is 3.66. The van der Waals surface area contributed by atoms with Crippen LogP contribution in [0.4, 0.5) is 5.69 Å². The molecule has 0 bridgehead atoms. The molecule has 0 saturated carbocycles. The fraction of sp³-hybridized carbons (Fsp3) is 0. The van der Waals surface area contributed by atoms with Gasteiger partial charge >= 0.3 is 0 Å². The zero-order chi connectivity index (χ0) is 15.9. The van der Waals surface area contributed by atoms with Gasteiger partial charge in [-0.25, -0.2) is 9.97 Å². The minimum absolute atomic E-state index is 0.124. The second-order valence-corrected chi connectivity index (χ2v) is 4.91. The van der Waals surface area contributed by atoms with Crippen LogP contribution in [0.3, 0.4) is 0 Å². The van der Waals surface area contributed by atoms with E-state index >= 15 is 0 Å². The number of nitriles is 2. The Balaban J connectivity index is 2.41. The highest BCUT2D eigenvalue weighted by atomic mass is 32.2. The van der Waals surface area contributed by atoms with Crippen molar-refractivity contribution in [3.8, 4) is 12.1 Å². The lowest BCUT2D eigenvalue weighted by atomic mass is 10.1. The van der Waals surface area contributed by atoms with E-state index in [1.807, 2.05) is 0 Å². The number of rotatable bonds is 4. The van der Waals surface area contributed by atoms with E-state index in [1.165, 1.54) is 18.2 Å². The number of nitrogens with zero attached hydrogens (tertiary/aromatic N) is 5. The van der Waals surface area contributed by atoms with Crippen molar-refractivity contribution in [2.24, 2.45) is 0 Å². The zero-order valence-corrected chi connectivity index (χ0v) is 11.8. The van der Waals surface area contributed by atoms with Crippen molar-refractivity contribution >= 4 is 23.5 Å². The normalized spacial score (nSPS) is 9.36. The summed E-state index contributed by atoms with van der Waals surface area (Å²) in [6, 6.07) is 9.50. The summed E-state index contributed by atoms with van der Waals surface area (Å²) in [5, 5.41) is 29.0. The first-order valence-electron chi connectivity index (χ1n) is 5.89. The van der Waals surface area contributed by atoms with Crippen molar-refractivity contribution in [1.29, 1.82) is 10.5 Å². The Bertz CT molecular complexity index is 805. The maximum atomic E-state index is 11.2. The van der Waals surface area contributed by atoms with Gasteiger partial charge in [0.25, 0.3) is 5.69 Å². The van der Waals surface area contributed by atoms with Gasteiger partial charge in [0, 0.05) is 18.5 Å². The molecule has 1 aromatic heterocycles. The molecule has 1 heterocycles. The molecule has 0 fully saturated rings. The Labute approximate surface area is 129 Å². The van der Waals surface area contributed by atoms with Crippen LogP contribution >= 0.6 is 11.8 Å². The summed E-state index contributed by atoms with van der Waals surface area (Å²) < 4.78 is 0. The first-order chi connectivity index (χ1) is 10.6. The Morgan fingerprint density at radius 1 is 1.27 bits per heavy atom. The van der Waals surface area contributed by atoms with Crippen LogP contribution in [0.2, 0.25) is 0 Å². The summed E-state index contributed by atoms with van der Waals surface area (Å²) in [5.74, 6) is 0. The van der Waals surface area contributed by atoms with Crippen molar-refractivity contribution in [2.45, 2.75) is 10.1 Å². The van der Waals surface area contributed by atoms with Gasteiger partial charge in [-0.3, -0.25) is 10.1 Å². The van der Waals surface area contributed by atoms with E-state index in [0.29, 0.717) is 15.6 Å². The molecular weight excluding hydrogens is 302 g/mol. The third-order valence-corrected chi connectivity index (χ3v) is 3.43. The van der Waals surface area contributed by atoms with E-state index in [-0.39, 0.29) is 11.3 Å². The van der Waals surface area contributed by atoms with Gasteiger partial charge in [-0.15, -0.1) is 0 Å². The van der Waals surface area contributed by atoms with E-state index in [2.05, 4.69) is 9.97 Å². The van der Waals surface area contributed by atoms with Gasteiger partial charge in [0.1, 0.15) is 17.7 Å². The third-order valence-electron chi connectivity index (χ3n) is 2.47. The largest absolute Gasteiger partial charge is 0.283 e. The molecule has 0 amide bonds. The van der Waals surface area contributed by atoms with Crippen molar-refractivity contribution < 1.29 is 4.92 Å². The average Bonchev–Trinajstić information content (AvgIpc) is 2.54. The van der Waals surface area contributed by atoms with Crippen LogP contribution in [0, 0.1) is 32.8 Å². The lowest BCUT2D eigenvalue weighted by Crippen LogP contribution is -1.93. The van der Waals surface area contributed by atoms with Crippen molar-refractivity contribution in [2.75, 3.05) is 0 Å². The van der Waals surface area contributed by atoms with Gasteiger partial charge in [0.2, 0.25) is 0 Å². The number of nitro benzene ring substituents is 1. The summed E-state index contributed by atoms with van der Waals surface area (Å²) in [7, 11) is 0. The van der Waals surface area contributed by atoms with Gasteiger partial charge in [-0.2, -0.15) is 10.5 Å². The maximum Gasteiger partial charge on any atom is 0.283 e. The molecule has 0 saturated heterocycles. The number of aromatic nitrogens is 2. The highest BCUT2D eigenvalue weighted by Crippen LogP contribution is 2.33. The Kier molecular flexibility index (Phi) is 4.81. The predicted molar refractivity (Wildman–Crippen MR) is 78.5 cm³/mol. The zero-order valence-electron chi connectivity index (χ0n) is 11.0. The van der Waals surface area contributed by atoms with Gasteiger partial charge in [0.05, 0.1) is 9.82 Å². The minimum atomic E-state index is -0.527. The lowest BCUT2D eigenvalue weighted by molar-refractivity contribution is -0.387. The molecule has 0 aliphatic carbocycles. The lowest BCUT2D eigenvalue weighted by Gasteiger charge is -2.02. The van der Waals surface area contributed by atoms with Crippen LogP contribution in [-0.4, -0.2) is 14.9 Å². The number of hydrogen-bond acceptors (Lipinski definition) is 7. The SMILES string of the molecule is N#CC(C#N)=Cc1ccc(Sc2ncccn2)c([N+](=O)[O-])c1. The van der Waals surface area contributed by atoms with E-state index in [1.54, 1.807) is 36.7 Å². The highest BCUT2D eigenvalue weighted by molar-refractivity contribution is 7.99. The van der Waals surface area contributed by atoms with Gasteiger partial charge in [-0.05, 0) is 35.5 Å². The highest BCUT2D eigenvalue weighted by Gasteiger charge is 2.16. The minimum Gasteiger partial charge on any atom is -0.258 e. The second kappa shape index (κ2) is 6.97. The van der Waals surface area contributed by atoms with Crippen LogP contribution in [0.15, 0.2) is 52.3 Å². The summed E-state index contributed by atoms with van der Waals surface area (Å²) in [6.07, 6.45) is 4.38. The van der Waals surface area contributed by atoms with Crippen LogP contribution < -0.4 is 0 Å².